The smallest absolute Gasteiger partial charge is 0.263 e. The molecule has 0 aromatic rings. The summed E-state index contributed by atoms with van der Waals surface area (Å²) in [6, 6.07) is 0. The van der Waals surface area contributed by atoms with E-state index in [0.717, 1.165) is 0 Å². The third-order valence-electron chi connectivity index (χ3n) is 2.37. The Hall–Kier alpha value is -1.51. The molecule has 15 heavy (non-hydrogen) atoms. The van der Waals surface area contributed by atoms with E-state index in [1.807, 2.05) is 0 Å². The van der Waals surface area contributed by atoms with Gasteiger partial charge in [0.15, 0.2) is 0 Å². The van der Waals surface area contributed by atoms with E-state index in [1.165, 1.54) is 13.8 Å². The summed E-state index contributed by atoms with van der Waals surface area (Å²) in [5.41, 5.74) is -0.136. The van der Waals surface area contributed by atoms with Crippen LogP contribution in [0.4, 0.5) is 0 Å². The Morgan fingerprint density at radius 2 is 1.27 bits per heavy atom. The summed E-state index contributed by atoms with van der Waals surface area (Å²) in [6.45, 7) is 2.45. The molecule has 8 nitrogen and oxygen atoms in total. The monoisotopic (exact) mass is 236 g/mol. The van der Waals surface area contributed by atoms with Crippen molar-refractivity contribution in [1.82, 2.24) is 0 Å². The maximum absolute atomic E-state index is 11.5. The van der Waals surface area contributed by atoms with Crippen molar-refractivity contribution in [2.24, 2.45) is 0 Å². The Balaban J connectivity index is 3.42. The molecule has 1 aliphatic heterocycles. The first-order chi connectivity index (χ1) is 6.71. The van der Waals surface area contributed by atoms with Crippen LogP contribution in [0.15, 0.2) is 11.1 Å². The number of hydrogen-bond donors (Lipinski definition) is 0. The molecule has 84 valence electrons. The minimum Gasteiger partial charge on any atom is -0.263 e. The van der Waals surface area contributed by atoms with E-state index in [2.05, 4.69) is 0 Å². The number of rotatable bonds is 2. The third kappa shape index (κ3) is 1.48. The van der Waals surface area contributed by atoms with Crippen LogP contribution >= 0.6 is 0 Å². The van der Waals surface area contributed by atoms with Crippen LogP contribution in [0.1, 0.15) is 13.8 Å². The van der Waals surface area contributed by atoms with Crippen LogP contribution in [0.5, 0.6) is 0 Å². The molecule has 0 aromatic heterocycles. The van der Waals surface area contributed by atoms with Crippen LogP contribution in [0, 0.1) is 20.2 Å². The first-order valence-corrected chi connectivity index (χ1v) is 5.49. The third-order valence-corrected chi connectivity index (χ3v) is 4.66. The van der Waals surface area contributed by atoms with Gasteiger partial charge in [0.05, 0.1) is 0 Å². The highest BCUT2D eigenvalue weighted by molar-refractivity contribution is 7.92. The molecule has 0 aliphatic carbocycles. The van der Waals surface area contributed by atoms with Gasteiger partial charge >= 0.3 is 10.7 Å². The van der Waals surface area contributed by atoms with Crippen LogP contribution in [0.2, 0.25) is 0 Å². The van der Waals surface area contributed by atoms with Gasteiger partial charge in [0, 0.05) is 21.0 Å². The largest absolute Gasteiger partial charge is 0.339 e. The van der Waals surface area contributed by atoms with Gasteiger partial charge in [-0.1, -0.05) is 0 Å². The van der Waals surface area contributed by atoms with Crippen molar-refractivity contribution in [3.05, 3.63) is 31.4 Å². The van der Waals surface area contributed by atoms with Crippen LogP contribution < -0.4 is 0 Å². The van der Waals surface area contributed by atoms with E-state index < -0.39 is 30.4 Å². The van der Waals surface area contributed by atoms with E-state index >= 15 is 0 Å². The molecule has 1 aliphatic rings. The summed E-state index contributed by atoms with van der Waals surface area (Å²) >= 11 is 0. The predicted molar refractivity (Wildman–Crippen MR) is 48.9 cm³/mol. The number of nitro groups is 2. The van der Waals surface area contributed by atoms with Crippen LogP contribution in [-0.2, 0) is 9.84 Å². The lowest BCUT2D eigenvalue weighted by atomic mass is 10.1. The summed E-state index contributed by atoms with van der Waals surface area (Å²) in [6.07, 6.45) is 0. The number of hydrogen-bond acceptors (Lipinski definition) is 6. The molecule has 1 heterocycles. The van der Waals surface area contributed by atoms with Crippen LogP contribution in [0.3, 0.4) is 0 Å². The molecule has 1 rings (SSSR count). The SMILES string of the molecule is CC1=C(C)[C@@H]([N+](=O)[O-])S(=O)(=O)[C@@H]1[N+](=O)[O-]. The second-order valence-corrected chi connectivity index (χ2v) is 5.30. The van der Waals surface area contributed by atoms with Crippen molar-refractivity contribution in [2.75, 3.05) is 0 Å². The number of sulfone groups is 1. The Labute approximate surface area is 84.8 Å². The molecule has 0 spiro atoms. The van der Waals surface area contributed by atoms with Crippen LogP contribution in [-0.4, -0.2) is 29.0 Å². The summed E-state index contributed by atoms with van der Waals surface area (Å²) in [4.78, 5) is 19.0. The molecule has 0 N–H and O–H groups in total. The van der Waals surface area contributed by atoms with Gasteiger partial charge in [-0.05, 0) is 13.8 Å². The second-order valence-electron chi connectivity index (χ2n) is 3.23. The molecule has 0 fully saturated rings. The van der Waals surface area contributed by atoms with Gasteiger partial charge in [0.1, 0.15) is 0 Å². The Morgan fingerprint density at radius 1 is 1.00 bits per heavy atom. The maximum atomic E-state index is 11.5. The van der Waals surface area contributed by atoms with E-state index in [-0.39, 0.29) is 11.1 Å². The first kappa shape index (κ1) is 11.6. The minimum atomic E-state index is -4.40. The standard InChI is InChI=1S/C6H8N2O6S/c1-3-4(2)6(8(11)12)15(13,14)5(3)7(9)10/h5-6H,1-2H3/t5-,6-/m0/s1. The van der Waals surface area contributed by atoms with Crippen molar-refractivity contribution < 1.29 is 18.3 Å². The van der Waals surface area contributed by atoms with Gasteiger partial charge in [-0.15, -0.1) is 0 Å². The molecule has 0 aromatic carbocycles. The van der Waals surface area contributed by atoms with Gasteiger partial charge in [-0.2, -0.15) is 0 Å². The molecule has 9 heteroatoms. The zero-order chi connectivity index (χ0) is 12.0. The summed E-state index contributed by atoms with van der Waals surface area (Å²) < 4.78 is 22.9. The molecule has 0 saturated heterocycles. The zero-order valence-electron chi connectivity index (χ0n) is 7.91. The van der Waals surface area contributed by atoms with Gasteiger partial charge in [0.2, 0.25) is 0 Å². The predicted octanol–water partition coefficient (Wildman–Crippen LogP) is -0.0432. The lowest BCUT2D eigenvalue weighted by molar-refractivity contribution is -0.496. The first-order valence-electron chi connectivity index (χ1n) is 3.88. The van der Waals surface area contributed by atoms with E-state index in [9.17, 15) is 28.6 Å². The average Bonchev–Trinajstić information content (AvgIpc) is 2.17. The second kappa shape index (κ2) is 3.26. The minimum absolute atomic E-state index is 0.0679. The molecule has 0 amide bonds. The topological polar surface area (TPSA) is 120 Å². The fourth-order valence-corrected chi connectivity index (χ4v) is 3.64. The molecule has 0 saturated carbocycles. The fraction of sp³-hybridized carbons (Fsp3) is 0.667. The highest BCUT2D eigenvalue weighted by Gasteiger charge is 2.58. The lowest BCUT2D eigenvalue weighted by Gasteiger charge is -2.03. The summed E-state index contributed by atoms with van der Waals surface area (Å²) in [5, 5.41) is 17.1. The van der Waals surface area contributed by atoms with E-state index in [1.54, 1.807) is 0 Å². The summed E-state index contributed by atoms with van der Waals surface area (Å²) in [5.74, 6) is 0. The molecule has 0 radical (unpaired) electrons. The van der Waals surface area contributed by atoms with Crippen molar-refractivity contribution in [3.63, 3.8) is 0 Å². The van der Waals surface area contributed by atoms with Crippen molar-refractivity contribution >= 4 is 9.84 Å². The normalized spacial score (nSPS) is 29.2. The molecule has 0 bridgehead atoms. The van der Waals surface area contributed by atoms with Crippen molar-refractivity contribution in [2.45, 2.75) is 24.6 Å². The number of nitrogens with zero attached hydrogens (tertiary/aromatic N) is 2. The molecule has 0 unspecified atom stereocenters. The average molecular weight is 236 g/mol. The van der Waals surface area contributed by atoms with E-state index in [4.69, 9.17) is 0 Å². The highest BCUT2D eigenvalue weighted by Crippen LogP contribution is 2.33. The zero-order valence-corrected chi connectivity index (χ0v) is 8.72. The quantitative estimate of drug-likeness (QED) is 0.376. The van der Waals surface area contributed by atoms with Gasteiger partial charge in [-0.25, -0.2) is 8.42 Å². The lowest BCUT2D eigenvalue weighted by Crippen LogP contribution is -2.35. The Morgan fingerprint density at radius 3 is 1.40 bits per heavy atom. The molecular weight excluding hydrogens is 228 g/mol. The Kier molecular flexibility index (Phi) is 2.51. The summed E-state index contributed by atoms with van der Waals surface area (Å²) in [7, 11) is -4.40. The van der Waals surface area contributed by atoms with Crippen molar-refractivity contribution in [3.8, 4) is 0 Å². The van der Waals surface area contributed by atoms with Gasteiger partial charge < -0.3 is 0 Å². The molecule has 2 atom stereocenters. The van der Waals surface area contributed by atoms with E-state index in [0.29, 0.717) is 0 Å². The maximum Gasteiger partial charge on any atom is 0.339 e. The molecular formula is C6H8N2O6S. The highest BCUT2D eigenvalue weighted by atomic mass is 32.2. The Bertz CT molecular complexity index is 428. The van der Waals surface area contributed by atoms with Crippen LogP contribution in [0.25, 0.3) is 0 Å². The van der Waals surface area contributed by atoms with Gasteiger partial charge in [-0.3, -0.25) is 20.2 Å². The fourth-order valence-electron chi connectivity index (χ4n) is 1.56. The van der Waals surface area contributed by atoms with Crippen molar-refractivity contribution in [1.29, 1.82) is 0 Å². The van der Waals surface area contributed by atoms with Gasteiger partial charge in [0.25, 0.3) is 9.84 Å².